The van der Waals surface area contributed by atoms with Crippen molar-refractivity contribution < 1.29 is 47.9 Å². The van der Waals surface area contributed by atoms with Crippen LogP contribution >= 0.6 is 19.4 Å². The smallest absolute Gasteiger partial charge is 0.472 e. The zero-order chi connectivity index (χ0) is 25.8. The van der Waals surface area contributed by atoms with Crippen LogP contribution in [0.1, 0.15) is 32.1 Å². The topological polar surface area (TPSA) is 153 Å². The maximum absolute atomic E-state index is 12.2. The fourth-order valence-corrected chi connectivity index (χ4v) is 4.12. The average Bonchev–Trinajstić information content (AvgIpc) is 2.70. The van der Waals surface area contributed by atoms with Crippen molar-refractivity contribution in [1.29, 1.82) is 0 Å². The van der Waals surface area contributed by atoms with Crippen LogP contribution in [-0.2, 0) is 23.2 Å². The lowest BCUT2D eigenvalue weighted by Crippen LogP contribution is -2.42. The molecule has 0 saturated carbocycles. The largest absolute Gasteiger partial charge is 0.870 e. The summed E-state index contributed by atoms with van der Waals surface area (Å²) in [6, 6.07) is 6.78. The molecule has 1 amide bonds. The van der Waals surface area contributed by atoms with Gasteiger partial charge in [0.2, 0.25) is 0 Å². The van der Waals surface area contributed by atoms with Crippen LogP contribution in [0.2, 0.25) is 5.02 Å². The highest BCUT2D eigenvalue weighted by molar-refractivity contribution is 7.47. The van der Waals surface area contributed by atoms with Gasteiger partial charge in [-0.1, -0.05) is 24.4 Å². The van der Waals surface area contributed by atoms with Crippen LogP contribution in [0.15, 0.2) is 24.3 Å². The van der Waals surface area contributed by atoms with Crippen LogP contribution in [0, 0.1) is 0 Å². The van der Waals surface area contributed by atoms with Gasteiger partial charge in [0.15, 0.2) is 6.61 Å². The molecule has 3 N–H and O–H groups in total. The molecule has 0 heterocycles. The number of halogens is 1. The first-order valence-electron chi connectivity index (χ1n) is 11.1. The minimum atomic E-state index is -4.36. The molecule has 0 aliphatic heterocycles. The number of hydrogen-bond acceptors (Lipinski definition) is 7. The Morgan fingerprint density at radius 3 is 2.29 bits per heavy atom. The van der Waals surface area contributed by atoms with Crippen molar-refractivity contribution in [3.63, 3.8) is 0 Å². The van der Waals surface area contributed by atoms with Gasteiger partial charge in [-0.2, -0.15) is 0 Å². The van der Waals surface area contributed by atoms with Crippen LogP contribution in [0.4, 0.5) is 0 Å². The van der Waals surface area contributed by atoms with Gasteiger partial charge < -0.3 is 29.6 Å². The van der Waals surface area contributed by atoms with E-state index in [-0.39, 0.29) is 37.6 Å². The molecule has 1 aromatic carbocycles. The fraction of sp³-hybridized carbons (Fsp3) is 0.636. The van der Waals surface area contributed by atoms with E-state index in [2.05, 4.69) is 0 Å². The quantitative estimate of drug-likeness (QED) is 0.172. The van der Waals surface area contributed by atoms with E-state index in [0.29, 0.717) is 28.2 Å². The van der Waals surface area contributed by atoms with Crippen molar-refractivity contribution in [1.82, 2.24) is 4.90 Å². The first-order valence-corrected chi connectivity index (χ1v) is 12.9. The molecule has 0 aliphatic carbocycles. The van der Waals surface area contributed by atoms with E-state index in [1.54, 1.807) is 36.2 Å². The van der Waals surface area contributed by atoms with E-state index < -0.39 is 19.9 Å². The molecule has 13 heteroatoms. The van der Waals surface area contributed by atoms with Crippen LogP contribution < -0.4 is 4.74 Å². The highest BCUT2D eigenvalue weighted by Crippen LogP contribution is 2.45. The van der Waals surface area contributed by atoms with Gasteiger partial charge in [-0.25, -0.2) is 4.57 Å². The normalized spacial score (nSPS) is 13.9. The molecule has 0 aliphatic rings. The number of carboxylic acids is 1. The molecule has 1 aromatic rings. The lowest BCUT2D eigenvalue weighted by molar-refractivity contribution is -0.873. The van der Waals surface area contributed by atoms with Gasteiger partial charge in [0.05, 0.1) is 34.2 Å². The van der Waals surface area contributed by atoms with Crippen molar-refractivity contribution in [2.45, 2.75) is 38.2 Å². The molecule has 0 radical (unpaired) electrons. The summed E-state index contributed by atoms with van der Waals surface area (Å²) in [5.41, 5.74) is 0. The van der Waals surface area contributed by atoms with Crippen molar-refractivity contribution in [3.05, 3.63) is 29.3 Å². The molecule has 35 heavy (non-hydrogen) atoms. The van der Waals surface area contributed by atoms with Crippen LogP contribution in [0.25, 0.3) is 0 Å². The number of likely N-dealkylation sites (N-methyl/N-ethyl adjacent to an activating group) is 2. The maximum atomic E-state index is 12.2. The lowest BCUT2D eigenvalue weighted by atomic mass is 10.2. The number of benzene rings is 1. The van der Waals surface area contributed by atoms with Crippen molar-refractivity contribution in [2.75, 3.05) is 54.5 Å². The third kappa shape index (κ3) is 16.6. The zero-order valence-electron chi connectivity index (χ0n) is 20.8. The average molecular weight is 541 g/mol. The van der Waals surface area contributed by atoms with E-state index in [0.717, 1.165) is 19.3 Å². The molecule has 0 saturated heterocycles. The van der Waals surface area contributed by atoms with Crippen LogP contribution in [0.5, 0.6) is 5.75 Å². The third-order valence-corrected chi connectivity index (χ3v) is 6.01. The molecule has 202 valence electrons. The van der Waals surface area contributed by atoms with Crippen molar-refractivity contribution in [3.8, 4) is 5.75 Å². The molecule has 1 unspecified atom stereocenters. The minimum Gasteiger partial charge on any atom is -0.870 e. The number of aliphatic carboxylic acids is 1. The summed E-state index contributed by atoms with van der Waals surface area (Å²) >= 11 is 5.82. The number of nitrogens with zero attached hydrogens (tertiary/aromatic N) is 2. The summed E-state index contributed by atoms with van der Waals surface area (Å²) in [6.07, 6.45) is 1.51. The van der Waals surface area contributed by atoms with Gasteiger partial charge in [-0.15, -0.1) is 0 Å². The molecule has 0 aromatic heterocycles. The molecular weight excluding hydrogens is 503 g/mol. The monoisotopic (exact) mass is 540 g/mol. The van der Waals surface area contributed by atoms with Gasteiger partial charge in [-0.3, -0.25) is 18.6 Å². The predicted molar refractivity (Wildman–Crippen MR) is 131 cm³/mol. The Hall–Kier alpha value is -1.72. The zero-order valence-corrected chi connectivity index (χ0v) is 22.4. The summed E-state index contributed by atoms with van der Waals surface area (Å²) in [5.74, 6) is -0.678. The second-order valence-electron chi connectivity index (χ2n) is 9.07. The first-order chi connectivity index (χ1) is 15.8. The summed E-state index contributed by atoms with van der Waals surface area (Å²) in [6.45, 7) is 0.765. The number of ether oxygens (including phenoxy) is 1. The van der Waals surface area contributed by atoms with E-state index in [1.807, 2.05) is 21.1 Å². The number of quaternary nitrogens is 1. The van der Waals surface area contributed by atoms with Gasteiger partial charge in [0.1, 0.15) is 18.4 Å². The van der Waals surface area contributed by atoms with E-state index in [4.69, 9.17) is 30.5 Å². The number of unbranched alkanes of at least 4 members (excludes halogenated alkanes) is 3. The first kappa shape index (κ1) is 33.3. The molecule has 1 rings (SSSR count). The number of rotatable bonds is 17. The van der Waals surface area contributed by atoms with Gasteiger partial charge in [0, 0.05) is 18.6 Å². The van der Waals surface area contributed by atoms with Crippen molar-refractivity contribution >= 4 is 31.3 Å². The summed E-state index contributed by atoms with van der Waals surface area (Å²) < 4.78 is 28.1. The van der Waals surface area contributed by atoms with Crippen LogP contribution in [-0.4, -0.2) is 97.3 Å². The number of carbonyl (C=O) groups excluding carboxylic acids is 1. The lowest BCUT2D eigenvalue weighted by Gasteiger charge is -2.29. The number of carboxylic acid groups (broad SMARTS) is 1. The molecular formula is C22H38ClN2O9P. The maximum Gasteiger partial charge on any atom is 0.472 e. The minimum absolute atomic E-state index is 0. The molecule has 0 bridgehead atoms. The Kier molecular flexibility index (Phi) is 15.3. The predicted octanol–water partition coefficient (Wildman–Crippen LogP) is 3.24. The van der Waals surface area contributed by atoms with Crippen LogP contribution in [0.3, 0.4) is 0 Å². The Bertz CT molecular complexity index is 818. The Labute approximate surface area is 212 Å². The van der Waals surface area contributed by atoms with Crippen molar-refractivity contribution in [2.24, 2.45) is 0 Å². The number of amides is 1. The second-order valence-corrected chi connectivity index (χ2v) is 10.9. The molecule has 0 fully saturated rings. The second kappa shape index (κ2) is 16.1. The number of carbonyl (C=O) groups is 2. The van der Waals surface area contributed by atoms with E-state index >= 15 is 0 Å². The highest BCUT2D eigenvalue weighted by Gasteiger charge is 2.31. The van der Waals surface area contributed by atoms with Gasteiger partial charge in [-0.05, 0) is 37.1 Å². The Balaban J connectivity index is 0.0000116. The summed E-state index contributed by atoms with van der Waals surface area (Å²) in [7, 11) is 2.85. The number of phosphoric acid groups is 1. The Morgan fingerprint density at radius 1 is 1.11 bits per heavy atom. The SMILES string of the molecule is CN(CCCCCCOP(=O)(O)O[C@H](CC(=O)O)C[N+](C)(C)C)C(=O)COc1ccc(Cl)cc1.[OH-]. The standard InChI is InChI=1S/C22H36ClN2O8P.H2O/c1-24(21(26)17-31-19-11-9-18(23)10-12-19)13-7-5-6-8-14-32-34(29,30)33-20(15-22(27)28)16-25(2,3)4;/h9-12,20H,5-8,13-17H2,1-4H3,(H-,27,28,29,30);1H2/t20-;/m1./s1. The van der Waals surface area contributed by atoms with E-state index in [1.165, 1.54) is 0 Å². The third-order valence-electron chi connectivity index (χ3n) is 4.68. The summed E-state index contributed by atoms with van der Waals surface area (Å²) in [5, 5.41) is 9.60. The van der Waals surface area contributed by atoms with Gasteiger partial charge in [0.25, 0.3) is 5.91 Å². The number of phosphoric ester groups is 1. The van der Waals surface area contributed by atoms with Gasteiger partial charge >= 0.3 is 13.8 Å². The summed E-state index contributed by atoms with van der Waals surface area (Å²) in [4.78, 5) is 34.7. The fourth-order valence-electron chi connectivity index (χ4n) is 3.05. The molecule has 0 spiro atoms. The number of hydrogen-bond donors (Lipinski definition) is 2. The molecule has 2 atom stereocenters. The Morgan fingerprint density at radius 2 is 1.71 bits per heavy atom. The van der Waals surface area contributed by atoms with E-state index in [9.17, 15) is 19.0 Å². The highest BCUT2D eigenvalue weighted by atomic mass is 35.5. The molecule has 11 nitrogen and oxygen atoms in total.